The van der Waals surface area contributed by atoms with Crippen LogP contribution in [0.4, 0.5) is 0 Å². The van der Waals surface area contributed by atoms with Gasteiger partial charge in [0.1, 0.15) is 0 Å². The number of allylic oxidation sites excluding steroid dienone is 1. The van der Waals surface area contributed by atoms with Gasteiger partial charge < -0.3 is 0 Å². The van der Waals surface area contributed by atoms with E-state index in [0.29, 0.717) is 5.25 Å². The average Bonchev–Trinajstić information content (AvgIpc) is 2.46. The van der Waals surface area contributed by atoms with Crippen molar-refractivity contribution in [2.24, 2.45) is 0 Å². The second-order valence-electron chi connectivity index (χ2n) is 5.56. The zero-order valence-electron chi connectivity index (χ0n) is 11.2. The molecular formula is C16H16N2OS. The molecular weight excluding hydrogens is 268 g/mol. The molecule has 1 fully saturated rings. The molecule has 4 rings (SSSR count). The van der Waals surface area contributed by atoms with E-state index >= 15 is 0 Å². The molecule has 0 radical (unpaired) electrons. The van der Waals surface area contributed by atoms with Crippen molar-refractivity contribution in [2.75, 3.05) is 0 Å². The molecule has 3 atom stereocenters. The molecule has 20 heavy (non-hydrogen) atoms. The van der Waals surface area contributed by atoms with E-state index in [-0.39, 0.29) is 5.25 Å². The summed E-state index contributed by atoms with van der Waals surface area (Å²) in [5, 5.41) is 0.549. The Morgan fingerprint density at radius 2 is 2.00 bits per heavy atom. The summed E-state index contributed by atoms with van der Waals surface area (Å²) in [6, 6.07) is 7.93. The zero-order valence-corrected chi connectivity index (χ0v) is 12.0. The molecule has 102 valence electrons. The van der Waals surface area contributed by atoms with Crippen molar-refractivity contribution in [2.45, 2.75) is 36.2 Å². The van der Waals surface area contributed by atoms with Gasteiger partial charge in [-0.2, -0.15) is 0 Å². The Bertz CT molecular complexity index is 725. The van der Waals surface area contributed by atoms with Crippen LogP contribution in [0.1, 0.15) is 31.4 Å². The van der Waals surface area contributed by atoms with Crippen molar-refractivity contribution in [3.8, 4) is 0 Å². The summed E-state index contributed by atoms with van der Waals surface area (Å²) < 4.78 is 12.2. The molecule has 0 aliphatic carbocycles. The van der Waals surface area contributed by atoms with Crippen molar-refractivity contribution >= 4 is 27.4 Å². The Kier molecular flexibility index (Phi) is 2.91. The standard InChI is InChI=1S/C16H16N2OS/c19-20-12-4-3-5-13(20)9-11(8-12)16-10-17-14-6-1-2-7-15(14)18-16/h1-2,6-8,10,12-13H,3-5,9H2. The Hall–Kier alpha value is -1.55. The molecule has 2 aliphatic heterocycles. The minimum absolute atomic E-state index is 0.228. The zero-order chi connectivity index (χ0) is 13.5. The normalized spacial score (nSPS) is 29.2. The van der Waals surface area contributed by atoms with Crippen LogP contribution in [0, 0.1) is 0 Å². The van der Waals surface area contributed by atoms with Crippen LogP contribution in [0.5, 0.6) is 0 Å². The van der Waals surface area contributed by atoms with Gasteiger partial charge in [-0.1, -0.05) is 24.6 Å². The second-order valence-corrected chi connectivity index (χ2v) is 7.49. The van der Waals surface area contributed by atoms with Crippen LogP contribution in [0.2, 0.25) is 0 Å². The van der Waals surface area contributed by atoms with Gasteiger partial charge in [-0.3, -0.25) is 9.19 Å². The van der Waals surface area contributed by atoms with Crippen LogP contribution in [0.25, 0.3) is 16.6 Å². The van der Waals surface area contributed by atoms with Gasteiger partial charge in [0.15, 0.2) is 0 Å². The van der Waals surface area contributed by atoms with Gasteiger partial charge >= 0.3 is 0 Å². The number of hydrogen-bond acceptors (Lipinski definition) is 3. The van der Waals surface area contributed by atoms with Crippen LogP contribution in [-0.2, 0) is 10.8 Å². The number of para-hydroxylation sites is 2. The topological polar surface area (TPSA) is 42.9 Å². The molecule has 0 saturated carbocycles. The molecule has 2 aromatic rings. The molecule has 1 aromatic heterocycles. The predicted molar refractivity (Wildman–Crippen MR) is 81.7 cm³/mol. The molecule has 4 heteroatoms. The minimum atomic E-state index is -0.682. The first-order chi connectivity index (χ1) is 9.81. The van der Waals surface area contributed by atoms with E-state index in [9.17, 15) is 4.21 Å². The maximum Gasteiger partial charge on any atom is 0.0894 e. The number of hydrogen-bond donors (Lipinski definition) is 0. The average molecular weight is 284 g/mol. The van der Waals surface area contributed by atoms with E-state index in [2.05, 4.69) is 11.1 Å². The first-order valence-corrected chi connectivity index (χ1v) is 8.41. The summed E-state index contributed by atoms with van der Waals surface area (Å²) in [5.41, 5.74) is 4.05. The fourth-order valence-corrected chi connectivity index (χ4v) is 5.13. The highest BCUT2D eigenvalue weighted by molar-refractivity contribution is 7.86. The summed E-state index contributed by atoms with van der Waals surface area (Å²) in [7, 11) is -0.682. The number of nitrogens with zero attached hydrogens (tertiary/aromatic N) is 2. The molecule has 2 aliphatic rings. The van der Waals surface area contributed by atoms with E-state index in [1.807, 2.05) is 30.5 Å². The van der Waals surface area contributed by atoms with Crippen LogP contribution < -0.4 is 0 Å². The lowest BCUT2D eigenvalue weighted by Gasteiger charge is -2.32. The van der Waals surface area contributed by atoms with Gasteiger partial charge in [-0.25, -0.2) is 4.98 Å². The molecule has 3 heterocycles. The SMILES string of the molecule is O=S1C2C=C(c3cnc4ccccc4n3)CC1CCC2. The molecule has 0 amide bonds. The molecule has 0 spiro atoms. The van der Waals surface area contributed by atoms with Gasteiger partial charge in [-0.05, 0) is 37.0 Å². The maximum absolute atomic E-state index is 12.2. The third-order valence-corrected chi connectivity index (χ3v) is 6.28. The van der Waals surface area contributed by atoms with Gasteiger partial charge in [0.05, 0.1) is 28.2 Å². The monoisotopic (exact) mass is 284 g/mol. The molecule has 0 N–H and O–H groups in total. The first kappa shape index (κ1) is 12.2. The van der Waals surface area contributed by atoms with E-state index in [0.717, 1.165) is 36.0 Å². The smallest absolute Gasteiger partial charge is 0.0894 e. The molecule has 1 saturated heterocycles. The fourth-order valence-electron chi connectivity index (χ4n) is 3.20. The van der Waals surface area contributed by atoms with E-state index in [1.54, 1.807) is 0 Å². The largest absolute Gasteiger partial charge is 0.259 e. The van der Waals surface area contributed by atoms with Crippen LogP contribution in [0.3, 0.4) is 0 Å². The quantitative estimate of drug-likeness (QED) is 0.808. The summed E-state index contributed by atoms with van der Waals surface area (Å²) >= 11 is 0. The number of rotatable bonds is 1. The molecule has 3 unspecified atom stereocenters. The fraction of sp³-hybridized carbons (Fsp3) is 0.375. The van der Waals surface area contributed by atoms with Crippen molar-refractivity contribution in [1.29, 1.82) is 0 Å². The predicted octanol–water partition coefficient (Wildman–Crippen LogP) is 3.09. The van der Waals surface area contributed by atoms with Gasteiger partial charge in [0, 0.05) is 16.0 Å². The van der Waals surface area contributed by atoms with Crippen molar-refractivity contribution in [1.82, 2.24) is 9.97 Å². The maximum atomic E-state index is 12.2. The van der Waals surface area contributed by atoms with Crippen LogP contribution in [-0.4, -0.2) is 24.7 Å². The van der Waals surface area contributed by atoms with Crippen molar-refractivity contribution in [3.63, 3.8) is 0 Å². The van der Waals surface area contributed by atoms with Crippen LogP contribution in [0.15, 0.2) is 36.5 Å². The minimum Gasteiger partial charge on any atom is -0.259 e. The highest BCUT2D eigenvalue weighted by atomic mass is 32.2. The van der Waals surface area contributed by atoms with Gasteiger partial charge in [0.25, 0.3) is 0 Å². The van der Waals surface area contributed by atoms with Crippen molar-refractivity contribution in [3.05, 3.63) is 42.2 Å². The van der Waals surface area contributed by atoms with Gasteiger partial charge in [-0.15, -0.1) is 0 Å². The van der Waals surface area contributed by atoms with E-state index < -0.39 is 10.8 Å². The third kappa shape index (κ3) is 1.99. The summed E-state index contributed by atoms with van der Waals surface area (Å²) in [5.74, 6) is 0. The lowest BCUT2D eigenvalue weighted by atomic mass is 9.96. The summed E-state index contributed by atoms with van der Waals surface area (Å²) in [6.07, 6.45) is 8.27. The Labute approximate surface area is 120 Å². The number of benzene rings is 1. The Morgan fingerprint density at radius 3 is 2.85 bits per heavy atom. The first-order valence-electron chi connectivity index (χ1n) is 7.13. The third-order valence-electron chi connectivity index (χ3n) is 4.25. The van der Waals surface area contributed by atoms with Crippen molar-refractivity contribution < 1.29 is 4.21 Å². The van der Waals surface area contributed by atoms with Gasteiger partial charge in [0.2, 0.25) is 0 Å². The second kappa shape index (κ2) is 4.77. The highest BCUT2D eigenvalue weighted by Crippen LogP contribution is 2.36. The summed E-state index contributed by atoms with van der Waals surface area (Å²) in [4.78, 5) is 9.21. The highest BCUT2D eigenvalue weighted by Gasteiger charge is 2.33. The van der Waals surface area contributed by atoms with Crippen LogP contribution >= 0.6 is 0 Å². The lowest BCUT2D eigenvalue weighted by molar-refractivity contribution is 0.579. The number of fused-ring (bicyclic) bond motifs is 3. The Balaban J connectivity index is 1.77. The summed E-state index contributed by atoms with van der Waals surface area (Å²) in [6.45, 7) is 0. The Morgan fingerprint density at radius 1 is 1.15 bits per heavy atom. The molecule has 1 aromatic carbocycles. The van der Waals surface area contributed by atoms with E-state index in [1.165, 1.54) is 12.0 Å². The lowest BCUT2D eigenvalue weighted by Crippen LogP contribution is -2.33. The van der Waals surface area contributed by atoms with E-state index in [4.69, 9.17) is 4.98 Å². The number of aromatic nitrogens is 2. The molecule has 3 nitrogen and oxygen atoms in total. The molecule has 2 bridgehead atoms.